The minimum absolute atomic E-state index is 0.227. The molecule has 2 atom stereocenters. The van der Waals surface area contributed by atoms with Gasteiger partial charge in [-0.3, -0.25) is 0 Å². The SMILES string of the molecule is CCN(CC1CCC(C(F)(F)F)CC1)c1ncnc2c1ccn2C[C@@H]1CCCC[C@H]1O. The van der Waals surface area contributed by atoms with Crippen LogP contribution in [0, 0.1) is 17.8 Å². The molecule has 2 aromatic heterocycles. The fourth-order valence-corrected chi connectivity index (χ4v) is 5.39. The van der Waals surface area contributed by atoms with E-state index in [1.807, 2.05) is 12.3 Å². The molecular formula is C23H33F3N4O. The highest BCUT2D eigenvalue weighted by atomic mass is 19.4. The van der Waals surface area contributed by atoms with Gasteiger partial charge in [0.2, 0.25) is 0 Å². The Bertz CT molecular complexity index is 860. The molecule has 0 amide bonds. The number of hydrogen-bond donors (Lipinski definition) is 1. The smallest absolute Gasteiger partial charge is 0.391 e. The maximum Gasteiger partial charge on any atom is 0.391 e. The molecule has 2 saturated carbocycles. The van der Waals surface area contributed by atoms with Gasteiger partial charge in [-0.05, 0) is 57.4 Å². The van der Waals surface area contributed by atoms with E-state index in [-0.39, 0.29) is 30.8 Å². The van der Waals surface area contributed by atoms with Crippen LogP contribution in [0.3, 0.4) is 0 Å². The highest BCUT2D eigenvalue weighted by Gasteiger charge is 2.41. The fraction of sp³-hybridized carbons (Fsp3) is 0.739. The minimum Gasteiger partial charge on any atom is -0.393 e. The third-order valence-electron chi connectivity index (χ3n) is 7.30. The van der Waals surface area contributed by atoms with Crippen molar-refractivity contribution in [1.29, 1.82) is 0 Å². The molecule has 2 aliphatic rings. The highest BCUT2D eigenvalue weighted by Crippen LogP contribution is 2.40. The van der Waals surface area contributed by atoms with Gasteiger partial charge in [-0.2, -0.15) is 13.2 Å². The van der Waals surface area contributed by atoms with Crippen LogP contribution in [0.4, 0.5) is 19.0 Å². The molecule has 2 fully saturated rings. The molecule has 0 saturated heterocycles. The molecule has 8 heteroatoms. The Labute approximate surface area is 181 Å². The molecule has 5 nitrogen and oxygen atoms in total. The Morgan fingerprint density at radius 3 is 2.52 bits per heavy atom. The molecule has 0 spiro atoms. The number of fused-ring (bicyclic) bond motifs is 1. The summed E-state index contributed by atoms with van der Waals surface area (Å²) in [6.07, 6.45) is 5.08. The number of rotatable bonds is 6. The molecule has 31 heavy (non-hydrogen) atoms. The van der Waals surface area contributed by atoms with Crippen LogP contribution in [-0.2, 0) is 6.54 Å². The van der Waals surface area contributed by atoms with Crippen LogP contribution in [0.2, 0.25) is 0 Å². The first-order valence-corrected chi connectivity index (χ1v) is 11.7. The second kappa shape index (κ2) is 9.35. The molecule has 0 aliphatic heterocycles. The average Bonchev–Trinajstić information content (AvgIpc) is 3.16. The Morgan fingerprint density at radius 2 is 1.84 bits per heavy atom. The van der Waals surface area contributed by atoms with Crippen molar-refractivity contribution in [2.75, 3.05) is 18.0 Å². The van der Waals surface area contributed by atoms with Gasteiger partial charge < -0.3 is 14.6 Å². The summed E-state index contributed by atoms with van der Waals surface area (Å²) < 4.78 is 41.1. The van der Waals surface area contributed by atoms with Crippen molar-refractivity contribution < 1.29 is 18.3 Å². The van der Waals surface area contributed by atoms with Crippen molar-refractivity contribution in [2.24, 2.45) is 17.8 Å². The molecule has 0 radical (unpaired) electrons. The molecular weight excluding hydrogens is 405 g/mol. The maximum atomic E-state index is 13.0. The Morgan fingerprint density at radius 1 is 1.10 bits per heavy atom. The zero-order valence-corrected chi connectivity index (χ0v) is 18.2. The van der Waals surface area contributed by atoms with Gasteiger partial charge >= 0.3 is 6.18 Å². The van der Waals surface area contributed by atoms with Crippen LogP contribution in [-0.4, -0.2) is 45.0 Å². The van der Waals surface area contributed by atoms with Gasteiger partial charge in [0, 0.05) is 31.7 Å². The monoisotopic (exact) mass is 438 g/mol. The lowest BCUT2D eigenvalue weighted by Gasteiger charge is -2.33. The number of hydrogen-bond acceptors (Lipinski definition) is 4. The summed E-state index contributed by atoms with van der Waals surface area (Å²) in [6.45, 7) is 4.27. The van der Waals surface area contributed by atoms with Gasteiger partial charge in [-0.25, -0.2) is 9.97 Å². The Kier molecular flexibility index (Phi) is 6.74. The van der Waals surface area contributed by atoms with Crippen molar-refractivity contribution >= 4 is 16.9 Å². The van der Waals surface area contributed by atoms with E-state index in [1.54, 1.807) is 6.33 Å². The summed E-state index contributed by atoms with van der Waals surface area (Å²) in [5.74, 6) is 0.207. The topological polar surface area (TPSA) is 54.2 Å². The maximum absolute atomic E-state index is 13.0. The summed E-state index contributed by atoms with van der Waals surface area (Å²) in [4.78, 5) is 11.2. The van der Waals surface area contributed by atoms with Crippen LogP contribution >= 0.6 is 0 Å². The molecule has 0 aromatic carbocycles. The van der Waals surface area contributed by atoms with Crippen molar-refractivity contribution in [2.45, 2.75) is 77.1 Å². The zero-order chi connectivity index (χ0) is 22.0. The quantitative estimate of drug-likeness (QED) is 0.675. The third-order valence-corrected chi connectivity index (χ3v) is 7.30. The van der Waals surface area contributed by atoms with E-state index >= 15 is 0 Å². The molecule has 2 aliphatic carbocycles. The highest BCUT2D eigenvalue weighted by molar-refractivity contribution is 5.87. The van der Waals surface area contributed by atoms with E-state index in [0.717, 1.165) is 62.2 Å². The van der Waals surface area contributed by atoms with E-state index in [0.29, 0.717) is 12.8 Å². The van der Waals surface area contributed by atoms with Crippen LogP contribution in [0.15, 0.2) is 18.6 Å². The Hall–Kier alpha value is -1.83. The number of nitrogens with zero attached hydrogens (tertiary/aromatic N) is 4. The van der Waals surface area contributed by atoms with Crippen molar-refractivity contribution in [1.82, 2.24) is 14.5 Å². The molecule has 1 N–H and O–H groups in total. The predicted octanol–water partition coefficient (Wildman–Crippen LogP) is 5.18. The standard InChI is InChI=1S/C23H33F3N4O/c1-2-29(13-16-7-9-18(10-8-16)23(24,25)26)21-19-11-12-30(22(19)28-15-27-21)14-17-5-3-4-6-20(17)31/h11-12,15-18,20,31H,2-10,13-14H2,1H3/t16?,17-,18?,20+/m0/s1. The van der Waals surface area contributed by atoms with Gasteiger partial charge in [-0.15, -0.1) is 0 Å². The van der Waals surface area contributed by atoms with Crippen LogP contribution in [0.25, 0.3) is 11.0 Å². The van der Waals surface area contributed by atoms with E-state index in [9.17, 15) is 18.3 Å². The second-order valence-corrected chi connectivity index (χ2v) is 9.31. The lowest BCUT2D eigenvalue weighted by molar-refractivity contribution is -0.183. The van der Waals surface area contributed by atoms with Crippen LogP contribution in [0.5, 0.6) is 0 Å². The van der Waals surface area contributed by atoms with Crippen molar-refractivity contribution in [3.05, 3.63) is 18.6 Å². The van der Waals surface area contributed by atoms with Gasteiger partial charge in [0.05, 0.1) is 17.4 Å². The summed E-state index contributed by atoms with van der Waals surface area (Å²) in [5.41, 5.74) is 0.863. The van der Waals surface area contributed by atoms with Gasteiger partial charge in [0.15, 0.2) is 0 Å². The molecule has 2 heterocycles. The van der Waals surface area contributed by atoms with E-state index in [1.165, 1.54) is 0 Å². The first-order valence-electron chi connectivity index (χ1n) is 11.7. The van der Waals surface area contributed by atoms with Gasteiger partial charge in [0.1, 0.15) is 17.8 Å². The normalized spacial score (nSPS) is 27.5. The second-order valence-electron chi connectivity index (χ2n) is 9.31. The predicted molar refractivity (Wildman–Crippen MR) is 115 cm³/mol. The van der Waals surface area contributed by atoms with Crippen LogP contribution < -0.4 is 4.90 Å². The van der Waals surface area contributed by atoms with E-state index in [4.69, 9.17) is 0 Å². The Balaban J connectivity index is 1.47. The minimum atomic E-state index is -4.07. The van der Waals surface area contributed by atoms with Gasteiger partial charge in [-0.1, -0.05) is 12.8 Å². The summed E-state index contributed by atoms with van der Waals surface area (Å²) in [5, 5.41) is 11.3. The van der Waals surface area contributed by atoms with Gasteiger partial charge in [0.25, 0.3) is 0 Å². The van der Waals surface area contributed by atoms with Crippen molar-refractivity contribution in [3.63, 3.8) is 0 Å². The van der Waals surface area contributed by atoms with Crippen LogP contribution in [0.1, 0.15) is 58.3 Å². The summed E-state index contributed by atoms with van der Waals surface area (Å²) in [7, 11) is 0. The molecule has 0 unspecified atom stereocenters. The number of alkyl halides is 3. The zero-order valence-electron chi connectivity index (χ0n) is 18.2. The lowest BCUT2D eigenvalue weighted by atomic mass is 9.81. The average molecular weight is 439 g/mol. The van der Waals surface area contributed by atoms with E-state index < -0.39 is 12.1 Å². The number of aliphatic hydroxyl groups excluding tert-OH is 1. The summed E-state index contributed by atoms with van der Waals surface area (Å²) >= 11 is 0. The first-order chi connectivity index (χ1) is 14.9. The largest absolute Gasteiger partial charge is 0.393 e. The molecule has 2 aromatic rings. The fourth-order valence-electron chi connectivity index (χ4n) is 5.39. The molecule has 4 rings (SSSR count). The number of halogens is 3. The number of aromatic nitrogens is 3. The third kappa shape index (κ3) is 4.99. The van der Waals surface area contributed by atoms with E-state index in [2.05, 4.69) is 26.4 Å². The van der Waals surface area contributed by atoms with Crippen molar-refractivity contribution in [3.8, 4) is 0 Å². The first kappa shape index (κ1) is 22.4. The number of anilines is 1. The summed E-state index contributed by atoms with van der Waals surface area (Å²) in [6, 6.07) is 2.03. The lowest BCUT2D eigenvalue weighted by Crippen LogP contribution is -2.34. The molecule has 172 valence electrons. The number of aliphatic hydroxyl groups is 1. The molecule has 0 bridgehead atoms.